The summed E-state index contributed by atoms with van der Waals surface area (Å²) in [4.78, 5) is 13.9. The minimum Gasteiger partial charge on any atom is -0.488 e. The van der Waals surface area contributed by atoms with Crippen LogP contribution in [0.1, 0.15) is 39.2 Å². The molecule has 1 amide bonds. The number of amides is 1. The van der Waals surface area contributed by atoms with Crippen molar-refractivity contribution >= 4 is 21.8 Å². The Morgan fingerprint density at radius 1 is 1.09 bits per heavy atom. The summed E-state index contributed by atoms with van der Waals surface area (Å²) in [6, 6.07) is 10.4. The molecule has 0 aromatic heterocycles. The Morgan fingerprint density at radius 3 is 2.31 bits per heavy atom. The van der Waals surface area contributed by atoms with E-state index in [1.54, 1.807) is 17.0 Å². The van der Waals surface area contributed by atoms with Gasteiger partial charge in [-0.15, -0.1) is 0 Å². The van der Waals surface area contributed by atoms with E-state index >= 15 is 0 Å². The molecule has 0 aliphatic carbocycles. The summed E-state index contributed by atoms with van der Waals surface area (Å²) in [5, 5.41) is 0. The molecule has 3 rings (SSSR count). The fraction of sp³-hybridized carbons (Fsp3) is 0.435. The quantitative estimate of drug-likeness (QED) is 0.693. The molecule has 1 N–H and O–H groups in total. The number of hydrogen-bond donors (Lipinski definition) is 1. The van der Waals surface area contributed by atoms with Crippen molar-refractivity contribution in [2.45, 2.75) is 57.1 Å². The van der Waals surface area contributed by atoms with Gasteiger partial charge in [-0.1, -0.05) is 23.8 Å². The maximum absolute atomic E-state index is 14.6. The van der Waals surface area contributed by atoms with Gasteiger partial charge >= 0.3 is 6.09 Å². The number of nitrogens with one attached hydrogen (secondary N) is 1. The molecular formula is C23H29FN2O5S. The van der Waals surface area contributed by atoms with E-state index in [0.717, 1.165) is 5.56 Å². The molecule has 0 bridgehead atoms. The third kappa shape index (κ3) is 6.12. The number of para-hydroxylation sites is 1. The molecule has 32 heavy (non-hydrogen) atoms. The van der Waals surface area contributed by atoms with E-state index in [0.29, 0.717) is 25.9 Å². The van der Waals surface area contributed by atoms with Crippen molar-refractivity contribution in [3.63, 3.8) is 0 Å². The molecule has 1 heterocycles. The molecule has 0 unspecified atom stereocenters. The maximum atomic E-state index is 14.6. The van der Waals surface area contributed by atoms with E-state index in [4.69, 9.17) is 9.47 Å². The zero-order valence-electron chi connectivity index (χ0n) is 18.7. The molecule has 7 nitrogen and oxygen atoms in total. The summed E-state index contributed by atoms with van der Waals surface area (Å²) in [5.74, 6) is -0.624. The van der Waals surface area contributed by atoms with Gasteiger partial charge < -0.3 is 14.4 Å². The van der Waals surface area contributed by atoms with Crippen LogP contribution >= 0.6 is 0 Å². The predicted molar refractivity (Wildman–Crippen MR) is 120 cm³/mol. The summed E-state index contributed by atoms with van der Waals surface area (Å²) >= 11 is 0. The number of aryl methyl sites for hydroxylation is 1. The number of hydrogen-bond acceptors (Lipinski definition) is 5. The first-order chi connectivity index (χ1) is 14.9. The number of likely N-dealkylation sites (tertiary alicyclic amines) is 1. The highest BCUT2D eigenvalue weighted by atomic mass is 32.2. The zero-order chi connectivity index (χ0) is 23.5. The SMILES string of the molecule is Cc1ccc(S(=O)(=O)Nc2c(F)cccc2OC2CCN(C(=O)OC(C)(C)C)CC2)cc1. The third-order valence-corrected chi connectivity index (χ3v) is 6.30. The lowest BCUT2D eigenvalue weighted by atomic mass is 10.1. The molecule has 1 saturated heterocycles. The van der Waals surface area contributed by atoms with E-state index in [1.165, 1.54) is 30.3 Å². The van der Waals surface area contributed by atoms with Gasteiger partial charge in [-0.2, -0.15) is 0 Å². The van der Waals surface area contributed by atoms with Crippen LogP contribution < -0.4 is 9.46 Å². The number of nitrogens with zero attached hydrogens (tertiary/aromatic N) is 1. The Bertz CT molecular complexity index is 1060. The molecular weight excluding hydrogens is 435 g/mol. The molecule has 2 aromatic carbocycles. The number of ether oxygens (including phenoxy) is 2. The Kier molecular flexibility index (Phi) is 6.97. The normalized spacial score (nSPS) is 15.3. The van der Waals surface area contributed by atoms with Crippen LogP contribution in [0, 0.1) is 12.7 Å². The molecule has 174 valence electrons. The number of anilines is 1. The smallest absolute Gasteiger partial charge is 0.410 e. The van der Waals surface area contributed by atoms with Gasteiger partial charge in [-0.05, 0) is 52.0 Å². The summed E-state index contributed by atoms with van der Waals surface area (Å²) in [5.41, 5.74) is 0.106. The minimum atomic E-state index is -3.99. The third-order valence-electron chi connectivity index (χ3n) is 4.93. The monoisotopic (exact) mass is 464 g/mol. The second-order valence-corrected chi connectivity index (χ2v) is 10.5. The molecule has 0 radical (unpaired) electrons. The zero-order valence-corrected chi connectivity index (χ0v) is 19.5. The van der Waals surface area contributed by atoms with Crippen molar-refractivity contribution < 1.29 is 27.1 Å². The fourth-order valence-corrected chi connectivity index (χ4v) is 4.35. The van der Waals surface area contributed by atoms with Gasteiger partial charge in [-0.25, -0.2) is 17.6 Å². The Balaban J connectivity index is 1.69. The van der Waals surface area contributed by atoms with Crippen LogP contribution in [0.25, 0.3) is 0 Å². The van der Waals surface area contributed by atoms with Gasteiger partial charge in [-0.3, -0.25) is 4.72 Å². The van der Waals surface area contributed by atoms with Crippen LogP contribution in [-0.4, -0.2) is 44.2 Å². The van der Waals surface area contributed by atoms with Crippen molar-refractivity contribution in [1.82, 2.24) is 4.90 Å². The van der Waals surface area contributed by atoms with Crippen molar-refractivity contribution in [2.75, 3.05) is 17.8 Å². The number of rotatable bonds is 5. The highest BCUT2D eigenvalue weighted by Crippen LogP contribution is 2.32. The number of benzene rings is 2. The second kappa shape index (κ2) is 9.36. The first-order valence-corrected chi connectivity index (χ1v) is 12.0. The molecule has 0 atom stereocenters. The van der Waals surface area contributed by atoms with Crippen molar-refractivity contribution in [3.05, 3.63) is 53.8 Å². The van der Waals surface area contributed by atoms with Crippen LogP contribution in [0.2, 0.25) is 0 Å². The summed E-state index contributed by atoms with van der Waals surface area (Å²) in [6.07, 6.45) is 0.353. The van der Waals surface area contributed by atoms with Crippen molar-refractivity contribution in [1.29, 1.82) is 0 Å². The van der Waals surface area contributed by atoms with Gasteiger partial charge in [0.05, 0.1) is 4.90 Å². The van der Waals surface area contributed by atoms with E-state index in [1.807, 2.05) is 27.7 Å². The lowest BCUT2D eigenvalue weighted by Crippen LogP contribution is -2.44. The van der Waals surface area contributed by atoms with E-state index in [-0.39, 0.29) is 28.5 Å². The molecule has 1 aliphatic heterocycles. The van der Waals surface area contributed by atoms with Crippen LogP contribution in [0.4, 0.5) is 14.9 Å². The summed E-state index contributed by atoms with van der Waals surface area (Å²) < 4.78 is 53.7. The van der Waals surface area contributed by atoms with Gasteiger partial charge in [0.2, 0.25) is 0 Å². The maximum Gasteiger partial charge on any atom is 0.410 e. The first kappa shape index (κ1) is 23.8. The highest BCUT2D eigenvalue weighted by molar-refractivity contribution is 7.92. The minimum absolute atomic E-state index is 0.0305. The van der Waals surface area contributed by atoms with Gasteiger partial charge in [0, 0.05) is 25.9 Å². The lowest BCUT2D eigenvalue weighted by Gasteiger charge is -2.33. The largest absolute Gasteiger partial charge is 0.488 e. The Hall–Kier alpha value is -2.81. The lowest BCUT2D eigenvalue weighted by molar-refractivity contribution is 0.0127. The van der Waals surface area contributed by atoms with Crippen LogP contribution in [0.15, 0.2) is 47.4 Å². The summed E-state index contributed by atoms with van der Waals surface area (Å²) in [6.45, 7) is 8.14. The molecule has 1 aliphatic rings. The predicted octanol–water partition coefficient (Wildman–Crippen LogP) is 4.71. The van der Waals surface area contributed by atoms with Gasteiger partial charge in [0.15, 0.2) is 5.82 Å². The molecule has 9 heteroatoms. The average molecular weight is 465 g/mol. The van der Waals surface area contributed by atoms with Crippen LogP contribution in [-0.2, 0) is 14.8 Å². The standard InChI is InChI=1S/C23H29FN2O5S/c1-16-8-10-18(11-9-16)32(28,29)25-21-19(24)6-5-7-20(21)30-17-12-14-26(15-13-17)22(27)31-23(2,3)4/h5-11,17,25H,12-15H2,1-4H3. The van der Waals surface area contributed by atoms with Gasteiger partial charge in [0.1, 0.15) is 23.1 Å². The van der Waals surface area contributed by atoms with E-state index < -0.39 is 21.4 Å². The Labute approximate surface area is 188 Å². The first-order valence-electron chi connectivity index (χ1n) is 10.5. The van der Waals surface area contributed by atoms with Gasteiger partial charge in [0.25, 0.3) is 10.0 Å². The Morgan fingerprint density at radius 2 is 1.72 bits per heavy atom. The fourth-order valence-electron chi connectivity index (χ4n) is 3.27. The van der Waals surface area contributed by atoms with Crippen molar-refractivity contribution in [2.24, 2.45) is 0 Å². The summed E-state index contributed by atoms with van der Waals surface area (Å²) in [7, 11) is -3.99. The molecule has 2 aromatic rings. The number of carbonyl (C=O) groups excluding carboxylic acids is 1. The van der Waals surface area contributed by atoms with E-state index in [2.05, 4.69) is 4.72 Å². The van der Waals surface area contributed by atoms with Crippen LogP contribution in [0.5, 0.6) is 5.75 Å². The van der Waals surface area contributed by atoms with Crippen molar-refractivity contribution in [3.8, 4) is 5.75 Å². The molecule has 0 saturated carbocycles. The number of halogens is 1. The number of piperidine rings is 1. The topological polar surface area (TPSA) is 84.9 Å². The van der Waals surface area contributed by atoms with E-state index in [9.17, 15) is 17.6 Å². The van der Waals surface area contributed by atoms with Crippen LogP contribution in [0.3, 0.4) is 0 Å². The molecule has 0 spiro atoms. The number of sulfonamides is 1. The second-order valence-electron chi connectivity index (χ2n) is 8.82. The highest BCUT2D eigenvalue weighted by Gasteiger charge is 2.29. The number of carbonyl (C=O) groups is 1. The average Bonchev–Trinajstić information content (AvgIpc) is 2.70. The molecule has 1 fully saturated rings.